The van der Waals surface area contributed by atoms with Crippen molar-refractivity contribution in [2.45, 2.75) is 12.2 Å². The summed E-state index contributed by atoms with van der Waals surface area (Å²) >= 11 is 4.63. The molecule has 1 heterocycles. The molecule has 0 aromatic heterocycles. The van der Waals surface area contributed by atoms with Crippen LogP contribution in [0.2, 0.25) is 0 Å². The van der Waals surface area contributed by atoms with E-state index in [2.05, 4.69) is 12.2 Å². The van der Waals surface area contributed by atoms with Crippen molar-refractivity contribution in [2.24, 2.45) is 0 Å². The molecule has 0 N–H and O–H groups in total. The van der Waals surface area contributed by atoms with Crippen LogP contribution in [-0.2, 0) is 9.47 Å². The Morgan fingerprint density at radius 3 is 2.00 bits per heavy atom. The molecule has 0 unspecified atom stereocenters. The summed E-state index contributed by atoms with van der Waals surface area (Å²) in [5.41, 5.74) is 0. The van der Waals surface area contributed by atoms with E-state index in [1.807, 2.05) is 12.2 Å². The third-order valence-corrected chi connectivity index (χ3v) is 1.47. The lowest BCUT2D eigenvalue weighted by atomic mass is 10.0. The number of hydrogen-bond acceptors (Lipinski definition) is 3. The van der Waals surface area contributed by atoms with Crippen LogP contribution in [0.3, 0.4) is 0 Å². The van der Waals surface area contributed by atoms with E-state index in [-0.39, 0.29) is 17.4 Å². The molecule has 0 aromatic carbocycles. The molecule has 0 spiro atoms. The van der Waals surface area contributed by atoms with Gasteiger partial charge in [-0.05, 0) is 12.2 Å². The van der Waals surface area contributed by atoms with E-state index < -0.39 is 0 Å². The average molecular weight is 128 g/mol. The normalized spacial score (nSPS) is 39.8. The second-order valence-electron chi connectivity index (χ2n) is 1.80. The zero-order valence-electron chi connectivity index (χ0n) is 4.03. The Kier molecular flexibility index (Phi) is 0.663. The van der Waals surface area contributed by atoms with E-state index in [9.17, 15) is 0 Å². The largest absolute Gasteiger partial charge is 0.445 e. The monoisotopic (exact) mass is 128 g/mol. The molecule has 1 aliphatic heterocycles. The molecule has 0 saturated carbocycles. The maximum atomic E-state index is 4.98. The molecular weight excluding hydrogens is 124 g/mol. The fourth-order valence-electron chi connectivity index (χ4n) is 0.755. The fourth-order valence-corrected chi connectivity index (χ4v) is 0.977. The van der Waals surface area contributed by atoms with Crippen molar-refractivity contribution in [3.05, 3.63) is 12.2 Å². The van der Waals surface area contributed by atoms with Gasteiger partial charge in [-0.1, -0.05) is 0 Å². The lowest BCUT2D eigenvalue weighted by molar-refractivity contribution is 0.208. The van der Waals surface area contributed by atoms with Gasteiger partial charge in [-0.3, -0.25) is 0 Å². The predicted molar refractivity (Wildman–Crippen MR) is 31.5 cm³/mol. The van der Waals surface area contributed by atoms with Gasteiger partial charge in [0.2, 0.25) is 0 Å². The molecular formula is C5H4O2S. The van der Waals surface area contributed by atoms with Crippen LogP contribution < -0.4 is 0 Å². The van der Waals surface area contributed by atoms with Crippen molar-refractivity contribution in [1.82, 2.24) is 0 Å². The Morgan fingerprint density at radius 2 is 1.75 bits per heavy atom. The van der Waals surface area contributed by atoms with Gasteiger partial charge in [0.05, 0.1) is 0 Å². The summed E-state index contributed by atoms with van der Waals surface area (Å²) in [4.78, 5) is 0. The fraction of sp³-hybridized carbons (Fsp3) is 0.400. The maximum absolute atomic E-state index is 4.98. The van der Waals surface area contributed by atoms with Crippen molar-refractivity contribution < 1.29 is 9.47 Å². The van der Waals surface area contributed by atoms with Crippen LogP contribution in [0, 0.1) is 0 Å². The number of fused-ring (bicyclic) bond motifs is 1. The Balaban J connectivity index is 2.20. The Hall–Kier alpha value is -0.570. The quantitative estimate of drug-likeness (QED) is 0.352. The Morgan fingerprint density at radius 1 is 1.25 bits per heavy atom. The molecule has 0 bridgehead atoms. The molecule has 1 saturated heterocycles. The van der Waals surface area contributed by atoms with Gasteiger partial charge in [-0.2, -0.15) is 0 Å². The first kappa shape index (κ1) is 4.32. The van der Waals surface area contributed by atoms with Crippen molar-refractivity contribution >= 4 is 17.5 Å². The highest BCUT2D eigenvalue weighted by molar-refractivity contribution is 7.79. The van der Waals surface area contributed by atoms with E-state index in [0.29, 0.717) is 0 Å². The minimum Gasteiger partial charge on any atom is -0.445 e. The Bertz CT molecular complexity index is 148. The van der Waals surface area contributed by atoms with Gasteiger partial charge in [0.15, 0.2) is 12.2 Å². The molecule has 0 amide bonds. The van der Waals surface area contributed by atoms with Crippen molar-refractivity contribution in [1.29, 1.82) is 0 Å². The van der Waals surface area contributed by atoms with E-state index in [1.165, 1.54) is 0 Å². The number of rotatable bonds is 0. The second kappa shape index (κ2) is 1.23. The third-order valence-electron chi connectivity index (χ3n) is 1.28. The topological polar surface area (TPSA) is 18.5 Å². The summed E-state index contributed by atoms with van der Waals surface area (Å²) in [6.07, 6.45) is 4.12. The molecule has 0 radical (unpaired) electrons. The van der Waals surface area contributed by atoms with Crippen LogP contribution in [0.25, 0.3) is 0 Å². The first-order chi connectivity index (χ1) is 3.86. The zero-order chi connectivity index (χ0) is 5.56. The molecule has 1 aliphatic carbocycles. The molecule has 42 valence electrons. The summed E-state index contributed by atoms with van der Waals surface area (Å²) in [7, 11) is 0. The van der Waals surface area contributed by atoms with Gasteiger partial charge >= 0.3 is 5.24 Å². The maximum Gasteiger partial charge on any atom is 0.353 e. The molecule has 0 aromatic rings. The minimum atomic E-state index is 0.127. The van der Waals surface area contributed by atoms with Crippen LogP contribution >= 0.6 is 12.2 Å². The first-order valence-corrected chi connectivity index (χ1v) is 2.83. The third kappa shape index (κ3) is 0.395. The van der Waals surface area contributed by atoms with Gasteiger partial charge in [0.1, 0.15) is 0 Å². The Labute approximate surface area is 52.1 Å². The van der Waals surface area contributed by atoms with Crippen LogP contribution in [0.15, 0.2) is 12.2 Å². The van der Waals surface area contributed by atoms with Crippen molar-refractivity contribution in [3.8, 4) is 0 Å². The van der Waals surface area contributed by atoms with Gasteiger partial charge in [-0.25, -0.2) is 0 Å². The zero-order valence-corrected chi connectivity index (χ0v) is 4.85. The molecule has 2 atom stereocenters. The molecule has 2 rings (SSSR count). The van der Waals surface area contributed by atoms with E-state index in [0.717, 1.165) is 0 Å². The summed E-state index contributed by atoms with van der Waals surface area (Å²) < 4.78 is 9.97. The summed E-state index contributed by atoms with van der Waals surface area (Å²) in [6.45, 7) is 0. The number of hydrogen-bond donors (Lipinski definition) is 0. The summed E-state index contributed by atoms with van der Waals surface area (Å²) in [6, 6.07) is 0. The van der Waals surface area contributed by atoms with Crippen molar-refractivity contribution in [3.63, 3.8) is 0 Å². The molecule has 8 heavy (non-hydrogen) atoms. The summed E-state index contributed by atoms with van der Waals surface area (Å²) in [5, 5.41) is 0.282. The number of thiocarbonyl (C=S) groups is 1. The highest BCUT2D eigenvalue weighted by Gasteiger charge is 2.36. The van der Waals surface area contributed by atoms with Crippen molar-refractivity contribution in [2.75, 3.05) is 0 Å². The highest BCUT2D eigenvalue weighted by atomic mass is 32.1. The van der Waals surface area contributed by atoms with E-state index >= 15 is 0 Å². The van der Waals surface area contributed by atoms with Gasteiger partial charge in [-0.15, -0.1) is 0 Å². The average Bonchev–Trinajstić information content (AvgIpc) is 1.91. The molecule has 2 nitrogen and oxygen atoms in total. The molecule has 3 heteroatoms. The lowest BCUT2D eigenvalue weighted by Crippen LogP contribution is -2.25. The lowest BCUT2D eigenvalue weighted by Gasteiger charge is -2.14. The van der Waals surface area contributed by atoms with Crippen LogP contribution in [0.4, 0.5) is 0 Å². The molecule has 1 fully saturated rings. The highest BCUT2D eigenvalue weighted by Crippen LogP contribution is 2.24. The van der Waals surface area contributed by atoms with E-state index in [4.69, 9.17) is 9.47 Å². The van der Waals surface area contributed by atoms with Crippen LogP contribution in [0.5, 0.6) is 0 Å². The summed E-state index contributed by atoms with van der Waals surface area (Å²) in [5.74, 6) is 0. The SMILES string of the molecule is S=C1O[C@H]2C=C[C@H]2O1. The molecule has 2 aliphatic rings. The van der Waals surface area contributed by atoms with E-state index in [1.54, 1.807) is 0 Å². The second-order valence-corrected chi connectivity index (χ2v) is 2.13. The number of ether oxygens (including phenoxy) is 2. The standard InChI is InChI=1S/C5H4O2S/c8-5-6-3-1-2-4(3)7-5/h1-4H/t3-,4+. The smallest absolute Gasteiger partial charge is 0.353 e. The van der Waals surface area contributed by atoms with Gasteiger partial charge < -0.3 is 9.47 Å². The van der Waals surface area contributed by atoms with Crippen LogP contribution in [0.1, 0.15) is 0 Å². The van der Waals surface area contributed by atoms with Gasteiger partial charge in [0.25, 0.3) is 0 Å². The minimum absolute atomic E-state index is 0.127. The van der Waals surface area contributed by atoms with Gasteiger partial charge in [0, 0.05) is 12.2 Å². The van der Waals surface area contributed by atoms with Crippen LogP contribution in [-0.4, -0.2) is 17.4 Å². The predicted octanol–water partition coefficient (Wildman–Crippen LogP) is 0.625. The first-order valence-electron chi connectivity index (χ1n) is 2.42.